The first-order valence-corrected chi connectivity index (χ1v) is 7.09. The Morgan fingerprint density at radius 3 is 2.40 bits per heavy atom. The number of nitriles is 1. The Balaban J connectivity index is 2.16. The van der Waals surface area contributed by atoms with Gasteiger partial charge in [0.15, 0.2) is 0 Å². The third-order valence-corrected chi connectivity index (χ3v) is 3.48. The summed E-state index contributed by atoms with van der Waals surface area (Å²) in [6.45, 7) is 0.344. The van der Waals surface area contributed by atoms with Gasteiger partial charge in [-0.1, -0.05) is 35.3 Å². The summed E-state index contributed by atoms with van der Waals surface area (Å²) in [7, 11) is 0. The van der Waals surface area contributed by atoms with E-state index in [0.717, 1.165) is 11.1 Å². The Bertz CT molecular complexity index is 647. The van der Waals surface area contributed by atoms with E-state index in [-0.39, 0.29) is 5.88 Å². The smallest absolute Gasteiger partial charge is 0.142 e. The van der Waals surface area contributed by atoms with Gasteiger partial charge in [0.25, 0.3) is 0 Å². The van der Waals surface area contributed by atoms with Crippen LogP contribution in [0.15, 0.2) is 36.4 Å². The quantitative estimate of drug-likeness (QED) is 0.725. The molecule has 0 aromatic heterocycles. The zero-order valence-electron chi connectivity index (χ0n) is 10.4. The first-order valence-electron chi connectivity index (χ1n) is 5.79. The van der Waals surface area contributed by atoms with Crippen LogP contribution in [0.2, 0.25) is 10.0 Å². The zero-order valence-corrected chi connectivity index (χ0v) is 12.6. The van der Waals surface area contributed by atoms with Crippen molar-refractivity contribution < 1.29 is 4.74 Å². The normalized spacial score (nSPS) is 10.1. The molecule has 0 saturated heterocycles. The predicted molar refractivity (Wildman–Crippen MR) is 81.5 cm³/mol. The lowest BCUT2D eigenvalue weighted by Crippen LogP contribution is -1.99. The highest BCUT2D eigenvalue weighted by molar-refractivity contribution is 6.36. The summed E-state index contributed by atoms with van der Waals surface area (Å²) in [6.07, 6.45) is 0. The van der Waals surface area contributed by atoms with E-state index >= 15 is 0 Å². The van der Waals surface area contributed by atoms with Crippen LogP contribution in [-0.2, 0) is 12.5 Å². The van der Waals surface area contributed by atoms with Crippen molar-refractivity contribution >= 4 is 34.8 Å². The molecule has 0 bridgehead atoms. The number of halogens is 3. The van der Waals surface area contributed by atoms with Crippen LogP contribution in [0, 0.1) is 11.3 Å². The van der Waals surface area contributed by atoms with E-state index in [1.54, 1.807) is 24.3 Å². The topological polar surface area (TPSA) is 33.0 Å². The van der Waals surface area contributed by atoms with Crippen molar-refractivity contribution in [1.82, 2.24) is 0 Å². The van der Waals surface area contributed by atoms with Crippen molar-refractivity contribution in [1.29, 1.82) is 5.26 Å². The number of hydrogen-bond acceptors (Lipinski definition) is 2. The Labute approximate surface area is 132 Å². The number of alkyl halides is 1. The molecule has 0 spiro atoms. The van der Waals surface area contributed by atoms with Crippen LogP contribution in [0.3, 0.4) is 0 Å². The molecule has 0 saturated carbocycles. The minimum atomic E-state index is 0.267. The van der Waals surface area contributed by atoms with Gasteiger partial charge in [-0.05, 0) is 29.8 Å². The summed E-state index contributed by atoms with van der Waals surface area (Å²) in [5, 5.41) is 9.70. The standard InChI is InChI=1S/C15H10Cl3NO/c16-7-12-5-13(17)6-14(18)15(12)20-9-11-3-1-10(8-19)2-4-11/h1-6H,7,9H2. The van der Waals surface area contributed by atoms with E-state index in [4.69, 9.17) is 44.8 Å². The Morgan fingerprint density at radius 1 is 1.10 bits per heavy atom. The van der Waals surface area contributed by atoms with Crippen molar-refractivity contribution in [3.63, 3.8) is 0 Å². The van der Waals surface area contributed by atoms with Crippen LogP contribution in [0.25, 0.3) is 0 Å². The highest BCUT2D eigenvalue weighted by Crippen LogP contribution is 2.33. The molecule has 0 aliphatic heterocycles. The molecule has 0 atom stereocenters. The van der Waals surface area contributed by atoms with Crippen molar-refractivity contribution in [3.05, 3.63) is 63.1 Å². The fourth-order valence-corrected chi connectivity index (χ4v) is 2.49. The van der Waals surface area contributed by atoms with E-state index in [9.17, 15) is 0 Å². The van der Waals surface area contributed by atoms with Crippen molar-refractivity contribution in [2.75, 3.05) is 0 Å². The average Bonchev–Trinajstić information content (AvgIpc) is 2.46. The largest absolute Gasteiger partial charge is 0.487 e. The molecule has 20 heavy (non-hydrogen) atoms. The summed E-state index contributed by atoms with van der Waals surface area (Å²) in [5.41, 5.74) is 2.30. The van der Waals surface area contributed by atoms with Gasteiger partial charge in [-0.3, -0.25) is 0 Å². The van der Waals surface area contributed by atoms with Crippen LogP contribution in [-0.4, -0.2) is 0 Å². The molecule has 0 heterocycles. The van der Waals surface area contributed by atoms with Crippen LogP contribution in [0.5, 0.6) is 5.75 Å². The minimum Gasteiger partial charge on any atom is -0.487 e. The molecule has 0 radical (unpaired) electrons. The maximum absolute atomic E-state index is 8.74. The van der Waals surface area contributed by atoms with E-state index in [1.807, 2.05) is 12.1 Å². The maximum Gasteiger partial charge on any atom is 0.142 e. The van der Waals surface area contributed by atoms with Crippen LogP contribution in [0.1, 0.15) is 16.7 Å². The molecule has 102 valence electrons. The summed E-state index contributed by atoms with van der Waals surface area (Å²) in [4.78, 5) is 0. The molecule has 0 aliphatic carbocycles. The summed E-state index contributed by atoms with van der Waals surface area (Å²) in [6, 6.07) is 12.6. The van der Waals surface area contributed by atoms with Gasteiger partial charge in [0.1, 0.15) is 12.4 Å². The van der Waals surface area contributed by atoms with Gasteiger partial charge >= 0.3 is 0 Å². The third-order valence-electron chi connectivity index (χ3n) is 2.70. The maximum atomic E-state index is 8.74. The fraction of sp³-hybridized carbons (Fsp3) is 0.133. The summed E-state index contributed by atoms with van der Waals surface area (Å²) in [5.74, 6) is 0.804. The Kier molecular flexibility index (Phi) is 5.14. The number of benzene rings is 2. The molecular weight excluding hydrogens is 317 g/mol. The van der Waals surface area contributed by atoms with Gasteiger partial charge in [0, 0.05) is 10.6 Å². The number of rotatable bonds is 4. The number of nitrogens with zero attached hydrogens (tertiary/aromatic N) is 1. The van der Waals surface area contributed by atoms with Gasteiger partial charge in [0.2, 0.25) is 0 Å². The molecule has 0 amide bonds. The molecule has 2 aromatic carbocycles. The van der Waals surface area contributed by atoms with Gasteiger partial charge in [-0.2, -0.15) is 5.26 Å². The lowest BCUT2D eigenvalue weighted by Gasteiger charge is -2.12. The van der Waals surface area contributed by atoms with E-state index in [0.29, 0.717) is 28.0 Å². The summed E-state index contributed by atoms with van der Waals surface area (Å²) >= 11 is 17.9. The third kappa shape index (κ3) is 3.58. The van der Waals surface area contributed by atoms with Gasteiger partial charge < -0.3 is 4.74 Å². The van der Waals surface area contributed by atoms with Crippen LogP contribution >= 0.6 is 34.8 Å². The molecule has 2 aromatic rings. The SMILES string of the molecule is N#Cc1ccc(COc2c(Cl)cc(Cl)cc2CCl)cc1. The first-order chi connectivity index (χ1) is 9.63. The second-order valence-electron chi connectivity index (χ2n) is 4.11. The highest BCUT2D eigenvalue weighted by atomic mass is 35.5. The van der Waals surface area contributed by atoms with E-state index in [2.05, 4.69) is 6.07 Å². The predicted octanol–water partition coefficient (Wildman–Crippen LogP) is 5.18. The van der Waals surface area contributed by atoms with Crippen molar-refractivity contribution in [3.8, 4) is 11.8 Å². The van der Waals surface area contributed by atoms with Crippen molar-refractivity contribution in [2.45, 2.75) is 12.5 Å². The van der Waals surface area contributed by atoms with Gasteiger partial charge in [0.05, 0.1) is 22.5 Å². The van der Waals surface area contributed by atoms with E-state index < -0.39 is 0 Å². The van der Waals surface area contributed by atoms with E-state index in [1.165, 1.54) is 0 Å². The van der Waals surface area contributed by atoms with Crippen LogP contribution < -0.4 is 4.74 Å². The molecule has 0 aliphatic rings. The summed E-state index contributed by atoms with van der Waals surface area (Å²) < 4.78 is 5.72. The molecule has 0 N–H and O–H groups in total. The molecular formula is C15H10Cl3NO. The zero-order chi connectivity index (χ0) is 14.5. The fourth-order valence-electron chi connectivity index (χ4n) is 1.71. The number of ether oxygens (including phenoxy) is 1. The minimum absolute atomic E-state index is 0.267. The Hall–Kier alpha value is -1.40. The van der Waals surface area contributed by atoms with Gasteiger partial charge in [-0.25, -0.2) is 0 Å². The second-order valence-corrected chi connectivity index (χ2v) is 5.22. The molecule has 0 fully saturated rings. The highest BCUT2D eigenvalue weighted by Gasteiger charge is 2.10. The second kappa shape index (κ2) is 6.85. The van der Waals surface area contributed by atoms with Crippen LogP contribution in [0.4, 0.5) is 0 Å². The average molecular weight is 327 g/mol. The lowest BCUT2D eigenvalue weighted by atomic mass is 10.1. The van der Waals surface area contributed by atoms with Crippen molar-refractivity contribution in [2.24, 2.45) is 0 Å². The number of hydrogen-bond donors (Lipinski definition) is 0. The molecule has 5 heteroatoms. The molecule has 0 unspecified atom stereocenters. The Morgan fingerprint density at radius 2 is 1.80 bits per heavy atom. The molecule has 2 rings (SSSR count). The first kappa shape index (κ1) is 15.0. The molecule has 2 nitrogen and oxygen atoms in total. The van der Waals surface area contributed by atoms with Gasteiger partial charge in [-0.15, -0.1) is 11.6 Å². The monoisotopic (exact) mass is 325 g/mol. The lowest BCUT2D eigenvalue weighted by molar-refractivity contribution is 0.304.